The predicted octanol–water partition coefficient (Wildman–Crippen LogP) is 13.9. The van der Waals surface area contributed by atoms with Crippen molar-refractivity contribution >= 4 is 106 Å². The molecule has 0 bridgehead atoms. The molecule has 53 heavy (non-hydrogen) atoms. The summed E-state index contributed by atoms with van der Waals surface area (Å²) < 4.78 is 6.09. The maximum Gasteiger partial charge on any atom is 0.236 e. The highest BCUT2D eigenvalue weighted by atomic mass is 32.1. The fraction of sp³-hybridized carbons (Fsp3) is 0. The minimum atomic E-state index is 0.692. The number of hydrogen-bond donors (Lipinski definition) is 0. The maximum absolute atomic E-state index is 5.59. The molecule has 0 radical (unpaired) electrons. The molecule has 0 unspecified atom stereocenters. The Bertz CT molecular complexity index is 3450. The Hall–Kier alpha value is -6.40. The number of benzene rings is 8. The van der Waals surface area contributed by atoms with E-state index in [2.05, 4.69) is 168 Å². The van der Waals surface area contributed by atoms with E-state index >= 15 is 0 Å². The van der Waals surface area contributed by atoms with E-state index in [9.17, 15) is 0 Å². The third kappa shape index (κ3) is 4.15. The van der Waals surface area contributed by atoms with Crippen LogP contribution >= 0.6 is 22.7 Å². The average molecular weight is 710 g/mol. The molecule has 8 aromatic carbocycles. The monoisotopic (exact) mass is 709 g/mol. The quantitative estimate of drug-likeness (QED) is 0.183. The first-order chi connectivity index (χ1) is 26.3. The second-order valence-electron chi connectivity index (χ2n) is 13.7. The highest BCUT2D eigenvalue weighted by Gasteiger charge is 2.24. The van der Waals surface area contributed by atoms with Gasteiger partial charge in [0.05, 0.1) is 21.4 Å². The molecule has 5 heteroatoms. The fourth-order valence-corrected chi connectivity index (χ4v) is 10.9. The molecule has 0 N–H and O–H groups in total. The van der Waals surface area contributed by atoms with E-state index in [4.69, 9.17) is 9.97 Å². The van der Waals surface area contributed by atoms with E-state index in [1.165, 1.54) is 79.2 Å². The number of nitrogens with zero attached hydrogens (tertiary/aromatic N) is 3. The zero-order valence-corrected chi connectivity index (χ0v) is 29.9. The molecule has 0 saturated heterocycles. The molecule has 12 rings (SSSR count). The van der Waals surface area contributed by atoms with Crippen molar-refractivity contribution in [2.24, 2.45) is 0 Å². The first kappa shape index (κ1) is 29.2. The van der Waals surface area contributed by atoms with Crippen LogP contribution in [0.5, 0.6) is 0 Å². The lowest BCUT2D eigenvalue weighted by Crippen LogP contribution is -2.02. The van der Waals surface area contributed by atoms with Crippen LogP contribution in [0.1, 0.15) is 0 Å². The lowest BCUT2D eigenvalue weighted by atomic mass is 9.96. The molecule has 3 nitrogen and oxygen atoms in total. The minimum Gasteiger partial charge on any atom is -0.276 e. The predicted molar refractivity (Wildman–Crippen MR) is 228 cm³/mol. The van der Waals surface area contributed by atoms with Crippen LogP contribution in [-0.4, -0.2) is 14.5 Å². The Labute approximate surface area is 311 Å². The summed E-state index contributed by atoms with van der Waals surface area (Å²) in [5, 5.41) is 12.4. The summed E-state index contributed by atoms with van der Waals surface area (Å²) in [7, 11) is 0. The van der Waals surface area contributed by atoms with Crippen LogP contribution in [0, 0.1) is 0 Å². The number of thiophene rings is 2. The van der Waals surface area contributed by atoms with E-state index in [-0.39, 0.29) is 0 Å². The Morgan fingerprint density at radius 2 is 1.00 bits per heavy atom. The number of rotatable bonds is 3. The summed E-state index contributed by atoms with van der Waals surface area (Å²) in [5.74, 6) is 0.692. The molecule has 246 valence electrons. The highest BCUT2D eigenvalue weighted by Crippen LogP contribution is 2.48. The number of para-hydroxylation sites is 1. The van der Waals surface area contributed by atoms with E-state index in [0.717, 1.165) is 27.0 Å². The summed E-state index contributed by atoms with van der Waals surface area (Å²) in [6.07, 6.45) is 0. The molecule has 0 aliphatic carbocycles. The van der Waals surface area contributed by atoms with Crippen molar-refractivity contribution < 1.29 is 0 Å². The van der Waals surface area contributed by atoms with Gasteiger partial charge in [0.1, 0.15) is 4.83 Å². The van der Waals surface area contributed by atoms with Gasteiger partial charge in [0.25, 0.3) is 0 Å². The van der Waals surface area contributed by atoms with Crippen molar-refractivity contribution in [3.8, 4) is 28.3 Å². The summed E-state index contributed by atoms with van der Waals surface area (Å²) in [5.41, 5.74) is 6.71. The van der Waals surface area contributed by atoms with Crippen LogP contribution < -0.4 is 0 Å². The number of hydrogen-bond acceptors (Lipinski definition) is 4. The standard InChI is InChI=1S/C48H27N3S2/c1-2-14-31-28(12-1)13-11-20-32(31)29-24-26-30(27-25-29)44-43-37-19-7-10-23-40(37)53-47(43)50-48(49-44)51-38-21-8-5-17-35(38)41-33-15-3-4-16-34(33)42-36-18-6-9-22-39(36)52-46(42)45(41)51/h1-27H. The Balaban J connectivity index is 1.19. The third-order valence-electron chi connectivity index (χ3n) is 10.8. The Kier molecular flexibility index (Phi) is 6.09. The van der Waals surface area contributed by atoms with Crippen molar-refractivity contribution in [3.63, 3.8) is 0 Å². The van der Waals surface area contributed by atoms with Crippen LogP contribution in [0.2, 0.25) is 0 Å². The lowest BCUT2D eigenvalue weighted by Gasteiger charge is -2.12. The molecule has 0 atom stereocenters. The zero-order chi connectivity index (χ0) is 34.6. The largest absolute Gasteiger partial charge is 0.276 e. The molecule has 12 aromatic rings. The lowest BCUT2D eigenvalue weighted by molar-refractivity contribution is 1.02. The fourth-order valence-electron chi connectivity index (χ4n) is 8.54. The second kappa shape index (κ2) is 11.1. The summed E-state index contributed by atoms with van der Waals surface area (Å²) in [4.78, 5) is 12.0. The Morgan fingerprint density at radius 3 is 1.79 bits per heavy atom. The van der Waals surface area contributed by atoms with E-state index in [1.807, 2.05) is 11.3 Å². The van der Waals surface area contributed by atoms with Gasteiger partial charge in [-0.15, -0.1) is 22.7 Å². The first-order valence-corrected chi connectivity index (χ1v) is 19.5. The summed E-state index contributed by atoms with van der Waals surface area (Å²) >= 11 is 3.61. The van der Waals surface area contributed by atoms with Crippen molar-refractivity contribution in [3.05, 3.63) is 164 Å². The van der Waals surface area contributed by atoms with Crippen molar-refractivity contribution in [2.45, 2.75) is 0 Å². The average Bonchev–Trinajstić information content (AvgIpc) is 3.91. The van der Waals surface area contributed by atoms with Gasteiger partial charge in [0.15, 0.2) is 0 Å². The number of aromatic nitrogens is 3. The molecule has 4 aromatic heterocycles. The molecular formula is C48H27N3S2. The van der Waals surface area contributed by atoms with Gasteiger partial charge in [-0.1, -0.05) is 146 Å². The van der Waals surface area contributed by atoms with Gasteiger partial charge < -0.3 is 0 Å². The van der Waals surface area contributed by atoms with Gasteiger partial charge >= 0.3 is 0 Å². The van der Waals surface area contributed by atoms with Crippen molar-refractivity contribution in [1.29, 1.82) is 0 Å². The van der Waals surface area contributed by atoms with Gasteiger partial charge in [-0.3, -0.25) is 4.57 Å². The molecule has 0 fully saturated rings. The van der Waals surface area contributed by atoms with Gasteiger partial charge in [0.2, 0.25) is 5.95 Å². The van der Waals surface area contributed by atoms with Crippen LogP contribution in [0.3, 0.4) is 0 Å². The molecular weight excluding hydrogens is 683 g/mol. The molecule has 0 saturated carbocycles. The topological polar surface area (TPSA) is 30.7 Å². The molecule has 0 amide bonds. The van der Waals surface area contributed by atoms with Crippen molar-refractivity contribution in [2.75, 3.05) is 0 Å². The molecule has 4 heterocycles. The molecule has 0 aliphatic rings. The van der Waals surface area contributed by atoms with Crippen LogP contribution in [0.15, 0.2) is 164 Å². The van der Waals surface area contributed by atoms with Gasteiger partial charge in [-0.25, -0.2) is 9.97 Å². The van der Waals surface area contributed by atoms with Crippen LogP contribution in [-0.2, 0) is 0 Å². The van der Waals surface area contributed by atoms with Gasteiger partial charge in [0, 0.05) is 47.3 Å². The maximum atomic E-state index is 5.59. The minimum absolute atomic E-state index is 0.692. The zero-order valence-electron chi connectivity index (χ0n) is 28.2. The highest BCUT2D eigenvalue weighted by molar-refractivity contribution is 7.27. The molecule has 0 aliphatic heterocycles. The van der Waals surface area contributed by atoms with Crippen LogP contribution in [0.4, 0.5) is 0 Å². The SMILES string of the molecule is c1ccc2c(-c3ccc(-c4nc(-n5c6ccccc6c6c7ccccc7c7c8ccccc8sc7c65)nc5sc6ccccc6c45)cc3)cccc2c1. The summed E-state index contributed by atoms with van der Waals surface area (Å²) in [6.45, 7) is 0. The first-order valence-electron chi connectivity index (χ1n) is 17.8. The van der Waals surface area contributed by atoms with Crippen LogP contribution in [0.25, 0.3) is 112 Å². The van der Waals surface area contributed by atoms with E-state index < -0.39 is 0 Å². The van der Waals surface area contributed by atoms with Crippen molar-refractivity contribution in [1.82, 2.24) is 14.5 Å². The smallest absolute Gasteiger partial charge is 0.236 e. The van der Waals surface area contributed by atoms with Gasteiger partial charge in [-0.05, 0) is 50.9 Å². The molecule has 0 spiro atoms. The summed E-state index contributed by atoms with van der Waals surface area (Å²) in [6, 6.07) is 59.2. The Morgan fingerprint density at radius 1 is 0.415 bits per heavy atom. The second-order valence-corrected chi connectivity index (χ2v) is 15.8. The van der Waals surface area contributed by atoms with E-state index in [0.29, 0.717) is 5.95 Å². The van der Waals surface area contributed by atoms with Gasteiger partial charge in [-0.2, -0.15) is 0 Å². The third-order valence-corrected chi connectivity index (χ3v) is 13.1. The normalized spacial score (nSPS) is 12.2. The number of fused-ring (bicyclic) bond motifs is 14. The van der Waals surface area contributed by atoms with E-state index in [1.54, 1.807) is 11.3 Å².